The van der Waals surface area contributed by atoms with E-state index in [0.717, 1.165) is 6.61 Å². The van der Waals surface area contributed by atoms with E-state index in [4.69, 9.17) is 4.74 Å². The van der Waals surface area contributed by atoms with Crippen molar-refractivity contribution in [1.29, 1.82) is 0 Å². The van der Waals surface area contributed by atoms with Crippen LogP contribution in [-0.4, -0.2) is 18.5 Å². The summed E-state index contributed by atoms with van der Waals surface area (Å²) in [6, 6.07) is 0. The van der Waals surface area contributed by atoms with Crippen LogP contribution in [0, 0.1) is 0 Å². The summed E-state index contributed by atoms with van der Waals surface area (Å²) in [6.45, 7) is 0.840. The highest BCUT2D eigenvalue weighted by Gasteiger charge is 2.36. The van der Waals surface area contributed by atoms with E-state index in [1.54, 1.807) is 6.40 Å². The number of hydrogen-bond acceptors (Lipinski definition) is 2. The lowest BCUT2D eigenvalue weighted by atomic mass is 10.0. The van der Waals surface area contributed by atoms with E-state index in [0.29, 0.717) is 0 Å². The minimum atomic E-state index is 0.236. The maximum absolute atomic E-state index is 5.09. The van der Waals surface area contributed by atoms with Crippen LogP contribution in [0.15, 0.2) is 4.99 Å². The van der Waals surface area contributed by atoms with Gasteiger partial charge in [-0.25, -0.2) is 4.99 Å². The first kappa shape index (κ1) is 5.27. The minimum Gasteiger partial charge on any atom is -0.481 e. The molecule has 1 aliphatic heterocycles. The zero-order valence-electron chi connectivity index (χ0n) is 5.47. The second kappa shape index (κ2) is 1.72. The first-order chi connectivity index (χ1) is 4.41. The van der Waals surface area contributed by atoms with Gasteiger partial charge in [-0.05, 0) is 12.8 Å². The van der Waals surface area contributed by atoms with Gasteiger partial charge < -0.3 is 4.74 Å². The summed E-state index contributed by atoms with van der Waals surface area (Å²) in [5.41, 5.74) is 0.236. The van der Waals surface area contributed by atoms with E-state index in [1.165, 1.54) is 25.7 Å². The van der Waals surface area contributed by atoms with Gasteiger partial charge in [0.25, 0.3) is 0 Å². The Labute approximate surface area is 54.9 Å². The summed E-state index contributed by atoms with van der Waals surface area (Å²) < 4.78 is 5.09. The Bertz CT molecular complexity index is 136. The lowest BCUT2D eigenvalue weighted by Crippen LogP contribution is -2.22. The highest BCUT2D eigenvalue weighted by molar-refractivity contribution is 5.50. The number of nitrogens with zero attached hydrogens (tertiary/aromatic N) is 1. The van der Waals surface area contributed by atoms with E-state index in [2.05, 4.69) is 4.99 Å². The molecule has 0 unspecified atom stereocenters. The second-order valence-corrected chi connectivity index (χ2v) is 2.98. The van der Waals surface area contributed by atoms with Crippen LogP contribution in [0.25, 0.3) is 0 Å². The zero-order chi connectivity index (χ0) is 6.16. The molecular formula is C7H11NO. The maximum atomic E-state index is 5.09. The number of hydrogen-bond donors (Lipinski definition) is 0. The van der Waals surface area contributed by atoms with Crippen LogP contribution >= 0.6 is 0 Å². The number of ether oxygens (including phenoxy) is 1. The third-order valence-electron chi connectivity index (χ3n) is 2.29. The Morgan fingerprint density at radius 2 is 2.11 bits per heavy atom. The summed E-state index contributed by atoms with van der Waals surface area (Å²) in [6.07, 6.45) is 6.76. The van der Waals surface area contributed by atoms with Gasteiger partial charge in [-0.15, -0.1) is 0 Å². The van der Waals surface area contributed by atoms with Crippen LogP contribution in [0.4, 0.5) is 0 Å². The molecular weight excluding hydrogens is 114 g/mol. The third kappa shape index (κ3) is 0.732. The molecule has 1 spiro atoms. The highest BCUT2D eigenvalue weighted by atomic mass is 16.5. The van der Waals surface area contributed by atoms with Crippen molar-refractivity contribution in [2.24, 2.45) is 4.99 Å². The first-order valence-electron chi connectivity index (χ1n) is 3.57. The average molecular weight is 125 g/mol. The molecule has 2 heteroatoms. The molecule has 0 radical (unpaired) electrons. The SMILES string of the molecule is C1=NC2(CCCC2)CO1. The van der Waals surface area contributed by atoms with Crippen molar-refractivity contribution in [3.63, 3.8) is 0 Å². The summed E-state index contributed by atoms with van der Waals surface area (Å²) in [7, 11) is 0. The molecule has 0 aromatic heterocycles. The van der Waals surface area contributed by atoms with Crippen molar-refractivity contribution < 1.29 is 4.74 Å². The largest absolute Gasteiger partial charge is 0.481 e. The van der Waals surface area contributed by atoms with Crippen LogP contribution in [-0.2, 0) is 4.74 Å². The summed E-state index contributed by atoms with van der Waals surface area (Å²) >= 11 is 0. The van der Waals surface area contributed by atoms with Crippen molar-refractivity contribution in [3.05, 3.63) is 0 Å². The minimum absolute atomic E-state index is 0.236. The lowest BCUT2D eigenvalue weighted by Gasteiger charge is -2.14. The molecule has 2 rings (SSSR count). The van der Waals surface area contributed by atoms with Gasteiger partial charge >= 0.3 is 0 Å². The van der Waals surface area contributed by atoms with Gasteiger partial charge in [0.15, 0.2) is 6.40 Å². The van der Waals surface area contributed by atoms with Gasteiger partial charge in [0.1, 0.15) is 6.61 Å². The maximum Gasteiger partial charge on any atom is 0.170 e. The predicted octanol–water partition coefficient (Wildman–Crippen LogP) is 1.36. The predicted molar refractivity (Wildman–Crippen MR) is 35.6 cm³/mol. The Morgan fingerprint density at radius 3 is 2.67 bits per heavy atom. The highest BCUT2D eigenvalue weighted by Crippen LogP contribution is 2.35. The molecule has 0 aromatic rings. The molecule has 2 aliphatic rings. The Hall–Kier alpha value is -0.530. The molecule has 0 bridgehead atoms. The van der Waals surface area contributed by atoms with Crippen LogP contribution in [0.3, 0.4) is 0 Å². The fraction of sp³-hybridized carbons (Fsp3) is 0.857. The van der Waals surface area contributed by atoms with Gasteiger partial charge in [0.2, 0.25) is 0 Å². The van der Waals surface area contributed by atoms with E-state index >= 15 is 0 Å². The molecule has 0 aromatic carbocycles. The Morgan fingerprint density at radius 1 is 1.33 bits per heavy atom. The van der Waals surface area contributed by atoms with Gasteiger partial charge in [-0.2, -0.15) is 0 Å². The van der Waals surface area contributed by atoms with E-state index in [9.17, 15) is 0 Å². The summed E-state index contributed by atoms with van der Waals surface area (Å²) in [5.74, 6) is 0. The Kier molecular flexibility index (Phi) is 1.01. The molecule has 9 heavy (non-hydrogen) atoms. The number of aliphatic imine (C=N–C) groups is 1. The Balaban J connectivity index is 2.13. The summed E-state index contributed by atoms with van der Waals surface area (Å²) in [5, 5.41) is 0. The van der Waals surface area contributed by atoms with E-state index in [1.807, 2.05) is 0 Å². The van der Waals surface area contributed by atoms with Crippen molar-refractivity contribution >= 4 is 6.40 Å². The smallest absolute Gasteiger partial charge is 0.170 e. The van der Waals surface area contributed by atoms with Crippen LogP contribution in [0.5, 0.6) is 0 Å². The van der Waals surface area contributed by atoms with Crippen molar-refractivity contribution in [2.75, 3.05) is 6.61 Å². The lowest BCUT2D eigenvalue weighted by molar-refractivity contribution is 0.264. The average Bonchev–Trinajstić information content (AvgIpc) is 2.45. The standard InChI is InChI=1S/C7H11NO/c1-2-4-7(3-1)5-9-6-8-7/h6H,1-5H2. The molecule has 0 saturated heterocycles. The van der Waals surface area contributed by atoms with Crippen LogP contribution in [0.1, 0.15) is 25.7 Å². The molecule has 2 nitrogen and oxygen atoms in total. The molecule has 1 fully saturated rings. The zero-order valence-corrected chi connectivity index (χ0v) is 5.47. The normalized spacial score (nSPS) is 29.3. The van der Waals surface area contributed by atoms with Crippen LogP contribution in [0.2, 0.25) is 0 Å². The third-order valence-corrected chi connectivity index (χ3v) is 2.29. The topological polar surface area (TPSA) is 21.6 Å². The van der Waals surface area contributed by atoms with Crippen molar-refractivity contribution in [2.45, 2.75) is 31.2 Å². The first-order valence-corrected chi connectivity index (χ1v) is 3.57. The van der Waals surface area contributed by atoms with Gasteiger partial charge in [0, 0.05) is 0 Å². The van der Waals surface area contributed by atoms with E-state index < -0.39 is 0 Å². The fourth-order valence-electron chi connectivity index (χ4n) is 1.69. The van der Waals surface area contributed by atoms with Gasteiger partial charge in [-0.3, -0.25) is 0 Å². The molecule has 1 aliphatic carbocycles. The fourth-order valence-corrected chi connectivity index (χ4v) is 1.69. The van der Waals surface area contributed by atoms with Crippen LogP contribution < -0.4 is 0 Å². The molecule has 1 saturated carbocycles. The number of rotatable bonds is 0. The van der Waals surface area contributed by atoms with Gasteiger partial charge in [0.05, 0.1) is 5.54 Å². The quantitative estimate of drug-likeness (QED) is 0.479. The molecule has 0 amide bonds. The summed E-state index contributed by atoms with van der Waals surface area (Å²) in [4.78, 5) is 4.32. The molecule has 50 valence electrons. The van der Waals surface area contributed by atoms with E-state index in [-0.39, 0.29) is 5.54 Å². The van der Waals surface area contributed by atoms with Crippen molar-refractivity contribution in [3.8, 4) is 0 Å². The second-order valence-electron chi connectivity index (χ2n) is 2.98. The van der Waals surface area contributed by atoms with Crippen molar-refractivity contribution in [1.82, 2.24) is 0 Å². The monoisotopic (exact) mass is 125 g/mol. The molecule has 1 heterocycles. The van der Waals surface area contributed by atoms with Gasteiger partial charge in [-0.1, -0.05) is 12.8 Å². The molecule has 0 atom stereocenters. The molecule has 0 N–H and O–H groups in total.